The predicted octanol–water partition coefficient (Wildman–Crippen LogP) is 1.48. The van der Waals surface area contributed by atoms with E-state index < -0.39 is 12.0 Å². The maximum atomic E-state index is 11.7. The van der Waals surface area contributed by atoms with Gasteiger partial charge >= 0.3 is 5.97 Å². The Hall–Kier alpha value is -2.67. The molecule has 4 rings (SSSR count). The number of aromatic amines is 1. The largest absolute Gasteiger partial charge is 0.480 e. The number of nitrogens with zero attached hydrogens (tertiary/aromatic N) is 4. The van der Waals surface area contributed by atoms with Crippen molar-refractivity contribution in [3.8, 4) is 0 Å². The summed E-state index contributed by atoms with van der Waals surface area (Å²) in [6.07, 6.45) is 2.34. The van der Waals surface area contributed by atoms with Gasteiger partial charge in [-0.25, -0.2) is 9.97 Å². The van der Waals surface area contributed by atoms with E-state index in [0.717, 1.165) is 29.0 Å². The summed E-state index contributed by atoms with van der Waals surface area (Å²) in [6.45, 7) is 1.14. The molecule has 1 unspecified atom stereocenters. The van der Waals surface area contributed by atoms with Crippen molar-refractivity contribution in [2.24, 2.45) is 7.05 Å². The first-order chi connectivity index (χ1) is 11.1. The molecular weight excluding hydrogens is 294 g/mol. The third-order valence-corrected chi connectivity index (χ3v) is 4.48. The highest BCUT2D eigenvalue weighted by Gasteiger charge is 2.35. The fraction of sp³-hybridized carbons (Fsp3) is 0.312. The highest BCUT2D eigenvalue weighted by Crippen LogP contribution is 2.29. The second-order valence-corrected chi connectivity index (χ2v) is 5.80. The third-order valence-electron chi connectivity index (χ3n) is 4.48. The highest BCUT2D eigenvalue weighted by molar-refractivity contribution is 5.76. The van der Waals surface area contributed by atoms with Crippen LogP contribution in [-0.2, 0) is 24.8 Å². The van der Waals surface area contributed by atoms with E-state index in [-0.39, 0.29) is 0 Å². The quantitative estimate of drug-likeness (QED) is 0.765. The summed E-state index contributed by atoms with van der Waals surface area (Å²) in [5, 5.41) is 9.64. The van der Waals surface area contributed by atoms with E-state index in [9.17, 15) is 9.90 Å². The van der Waals surface area contributed by atoms with E-state index in [1.54, 1.807) is 6.33 Å². The summed E-state index contributed by atoms with van der Waals surface area (Å²) in [4.78, 5) is 25.6. The first-order valence-electron chi connectivity index (χ1n) is 7.54. The molecule has 7 nitrogen and oxygen atoms in total. The van der Waals surface area contributed by atoms with E-state index >= 15 is 0 Å². The Balaban J connectivity index is 1.70. The number of aryl methyl sites for hydroxylation is 1. The second kappa shape index (κ2) is 5.20. The average molecular weight is 311 g/mol. The number of para-hydroxylation sites is 2. The Kier molecular flexibility index (Phi) is 3.16. The van der Waals surface area contributed by atoms with Gasteiger partial charge in [0.2, 0.25) is 0 Å². The summed E-state index contributed by atoms with van der Waals surface area (Å²) in [7, 11) is 1.96. The molecule has 0 bridgehead atoms. The van der Waals surface area contributed by atoms with Crippen molar-refractivity contribution < 1.29 is 9.90 Å². The number of carboxylic acid groups (broad SMARTS) is 1. The van der Waals surface area contributed by atoms with Gasteiger partial charge in [-0.1, -0.05) is 12.1 Å². The summed E-state index contributed by atoms with van der Waals surface area (Å²) in [5.41, 5.74) is 3.50. The van der Waals surface area contributed by atoms with Crippen LogP contribution in [-0.4, -0.2) is 42.0 Å². The fourth-order valence-electron chi connectivity index (χ4n) is 3.29. The highest BCUT2D eigenvalue weighted by atomic mass is 16.4. The second-order valence-electron chi connectivity index (χ2n) is 5.80. The molecular formula is C16H17N5O2. The van der Waals surface area contributed by atoms with Crippen molar-refractivity contribution >= 4 is 17.0 Å². The Morgan fingerprint density at radius 1 is 1.43 bits per heavy atom. The van der Waals surface area contributed by atoms with Gasteiger partial charge in [-0.2, -0.15) is 0 Å². The molecule has 1 aliphatic rings. The number of aromatic nitrogens is 4. The van der Waals surface area contributed by atoms with Crippen LogP contribution in [0, 0.1) is 0 Å². The molecule has 0 spiro atoms. The van der Waals surface area contributed by atoms with Crippen LogP contribution in [0.2, 0.25) is 0 Å². The number of hydrogen-bond acceptors (Lipinski definition) is 4. The number of carbonyl (C=O) groups is 1. The SMILES string of the molecule is Cn1c(CN2CCc3[nH]cnc3C2C(=O)O)nc2ccccc21. The molecule has 1 aromatic carbocycles. The Bertz CT molecular complexity index is 882. The zero-order valence-electron chi connectivity index (χ0n) is 12.7. The van der Waals surface area contributed by atoms with E-state index in [1.165, 1.54) is 0 Å². The average Bonchev–Trinajstić information content (AvgIpc) is 3.12. The Morgan fingerprint density at radius 2 is 2.26 bits per heavy atom. The first kappa shape index (κ1) is 14.0. The number of benzene rings is 1. The molecule has 2 N–H and O–H groups in total. The zero-order valence-corrected chi connectivity index (χ0v) is 12.7. The van der Waals surface area contributed by atoms with Crippen LogP contribution >= 0.6 is 0 Å². The third kappa shape index (κ3) is 2.20. The maximum absolute atomic E-state index is 11.7. The number of rotatable bonds is 3. The summed E-state index contributed by atoms with van der Waals surface area (Å²) in [6, 6.07) is 7.18. The first-order valence-corrected chi connectivity index (χ1v) is 7.54. The van der Waals surface area contributed by atoms with Gasteiger partial charge in [0, 0.05) is 25.7 Å². The Labute approximate surface area is 132 Å². The molecule has 0 radical (unpaired) electrons. The van der Waals surface area contributed by atoms with Crippen LogP contribution in [0.25, 0.3) is 11.0 Å². The van der Waals surface area contributed by atoms with Gasteiger partial charge in [-0.15, -0.1) is 0 Å². The van der Waals surface area contributed by atoms with E-state index in [4.69, 9.17) is 0 Å². The van der Waals surface area contributed by atoms with Crippen molar-refractivity contribution in [3.63, 3.8) is 0 Å². The lowest BCUT2D eigenvalue weighted by Crippen LogP contribution is -2.39. The number of imidazole rings is 2. The fourth-order valence-corrected chi connectivity index (χ4v) is 3.29. The van der Waals surface area contributed by atoms with Crippen LogP contribution in [0.15, 0.2) is 30.6 Å². The van der Waals surface area contributed by atoms with Crippen LogP contribution in [0.5, 0.6) is 0 Å². The molecule has 23 heavy (non-hydrogen) atoms. The van der Waals surface area contributed by atoms with Crippen LogP contribution in [0.4, 0.5) is 0 Å². The number of hydrogen-bond donors (Lipinski definition) is 2. The minimum absolute atomic E-state index is 0.481. The molecule has 0 fully saturated rings. The van der Waals surface area contributed by atoms with Gasteiger partial charge in [0.15, 0.2) is 6.04 Å². The van der Waals surface area contributed by atoms with Crippen molar-refractivity contribution in [1.82, 2.24) is 24.4 Å². The van der Waals surface area contributed by atoms with E-state index in [0.29, 0.717) is 18.8 Å². The topological polar surface area (TPSA) is 87.0 Å². The summed E-state index contributed by atoms with van der Waals surface area (Å²) >= 11 is 0. The lowest BCUT2D eigenvalue weighted by molar-refractivity contribution is -0.144. The number of nitrogens with one attached hydrogen (secondary N) is 1. The minimum Gasteiger partial charge on any atom is -0.480 e. The van der Waals surface area contributed by atoms with Crippen molar-refractivity contribution in [1.29, 1.82) is 0 Å². The number of aliphatic carboxylic acids is 1. The summed E-state index contributed by atoms with van der Waals surface area (Å²) in [5.74, 6) is -0.0201. The molecule has 2 aromatic heterocycles. The van der Waals surface area contributed by atoms with Gasteiger partial charge in [0.25, 0.3) is 0 Å². The maximum Gasteiger partial charge on any atom is 0.327 e. The molecule has 7 heteroatoms. The molecule has 118 valence electrons. The Morgan fingerprint density at radius 3 is 3.04 bits per heavy atom. The van der Waals surface area contributed by atoms with Gasteiger partial charge in [0.1, 0.15) is 5.82 Å². The molecule has 0 aliphatic carbocycles. The summed E-state index contributed by atoms with van der Waals surface area (Å²) < 4.78 is 2.02. The molecule has 0 amide bonds. The molecule has 0 saturated carbocycles. The van der Waals surface area contributed by atoms with E-state index in [1.807, 2.05) is 40.8 Å². The molecule has 3 heterocycles. The van der Waals surface area contributed by atoms with E-state index in [2.05, 4.69) is 15.0 Å². The smallest absolute Gasteiger partial charge is 0.327 e. The van der Waals surface area contributed by atoms with Gasteiger partial charge < -0.3 is 14.7 Å². The number of H-pyrrole nitrogens is 1. The molecule has 1 atom stereocenters. The molecule has 0 saturated heterocycles. The molecule has 3 aromatic rings. The number of fused-ring (bicyclic) bond motifs is 2. The number of carboxylic acids is 1. The van der Waals surface area contributed by atoms with Crippen LogP contribution < -0.4 is 0 Å². The van der Waals surface area contributed by atoms with Gasteiger partial charge in [0.05, 0.1) is 29.6 Å². The molecule has 1 aliphatic heterocycles. The van der Waals surface area contributed by atoms with Crippen molar-refractivity contribution in [3.05, 3.63) is 47.8 Å². The lowest BCUT2D eigenvalue weighted by atomic mass is 10.0. The van der Waals surface area contributed by atoms with Gasteiger partial charge in [-0.3, -0.25) is 9.69 Å². The van der Waals surface area contributed by atoms with Crippen molar-refractivity contribution in [2.75, 3.05) is 6.54 Å². The minimum atomic E-state index is -0.878. The lowest BCUT2D eigenvalue weighted by Gasteiger charge is -2.31. The van der Waals surface area contributed by atoms with Crippen LogP contribution in [0.1, 0.15) is 23.3 Å². The zero-order chi connectivity index (χ0) is 16.0. The normalized spacial score (nSPS) is 18.2. The van der Waals surface area contributed by atoms with Crippen molar-refractivity contribution in [2.45, 2.75) is 19.0 Å². The monoisotopic (exact) mass is 311 g/mol. The van der Waals surface area contributed by atoms with Gasteiger partial charge in [-0.05, 0) is 12.1 Å². The predicted molar refractivity (Wildman–Crippen MR) is 83.8 cm³/mol. The standard InChI is InChI=1S/C16H17N5O2/c1-20-12-5-3-2-4-10(12)19-13(20)8-21-7-6-11-14(18-9-17-11)15(21)16(22)23/h2-5,9,15H,6-8H2,1H3,(H,17,18)(H,22,23). The van der Waals surface area contributed by atoms with Crippen LogP contribution in [0.3, 0.4) is 0 Å².